The lowest BCUT2D eigenvalue weighted by Gasteiger charge is -2.35. The van der Waals surface area contributed by atoms with Crippen molar-refractivity contribution >= 4 is 5.69 Å². The van der Waals surface area contributed by atoms with Gasteiger partial charge in [-0.1, -0.05) is 12.1 Å². The van der Waals surface area contributed by atoms with Crippen LogP contribution in [-0.2, 0) is 0 Å². The fraction of sp³-hybridized carbons (Fsp3) is 0.571. The van der Waals surface area contributed by atoms with Crippen LogP contribution >= 0.6 is 0 Å². The van der Waals surface area contributed by atoms with Crippen LogP contribution in [0.3, 0.4) is 0 Å². The Bertz CT molecular complexity index is 414. The predicted octanol–water partition coefficient (Wildman–Crippen LogP) is 3.52. The Hall–Kier alpha value is -1.23. The molecule has 2 rings (SSSR count). The molecule has 0 aliphatic carbocycles. The summed E-state index contributed by atoms with van der Waals surface area (Å²) in [6.45, 7) is 2.34. The van der Waals surface area contributed by atoms with Crippen LogP contribution in [0.1, 0.15) is 31.4 Å². The van der Waals surface area contributed by atoms with Gasteiger partial charge in [0.15, 0.2) is 0 Å². The maximum absolute atomic E-state index is 12.7. The molecule has 1 aromatic rings. The van der Waals surface area contributed by atoms with Crippen LogP contribution < -0.4 is 4.90 Å². The van der Waals surface area contributed by atoms with Gasteiger partial charge in [0.25, 0.3) is 0 Å². The second-order valence-corrected chi connectivity index (χ2v) is 5.09. The smallest absolute Gasteiger partial charge is 0.389 e. The minimum atomic E-state index is -4.11. The van der Waals surface area contributed by atoms with E-state index in [9.17, 15) is 18.3 Å². The first-order valence-electron chi connectivity index (χ1n) is 6.47. The van der Waals surface area contributed by atoms with Gasteiger partial charge in [-0.15, -0.1) is 0 Å². The van der Waals surface area contributed by atoms with Gasteiger partial charge in [-0.3, -0.25) is 0 Å². The van der Waals surface area contributed by atoms with Gasteiger partial charge in [0.2, 0.25) is 0 Å². The summed E-state index contributed by atoms with van der Waals surface area (Å²) in [6, 6.07) is 7.08. The number of anilines is 1. The van der Waals surface area contributed by atoms with E-state index in [2.05, 4.69) is 0 Å². The highest BCUT2D eigenvalue weighted by atomic mass is 19.4. The van der Waals surface area contributed by atoms with Crippen LogP contribution in [0.15, 0.2) is 24.3 Å². The molecule has 2 unspecified atom stereocenters. The van der Waals surface area contributed by atoms with E-state index < -0.39 is 18.2 Å². The molecular weight excluding hydrogens is 255 g/mol. The zero-order valence-corrected chi connectivity index (χ0v) is 10.8. The number of halogens is 3. The van der Waals surface area contributed by atoms with E-state index in [1.54, 1.807) is 36.1 Å². The number of alkyl halides is 3. The molecule has 2 atom stereocenters. The number of piperidine rings is 1. The zero-order valence-electron chi connectivity index (χ0n) is 10.8. The molecule has 0 aromatic heterocycles. The summed E-state index contributed by atoms with van der Waals surface area (Å²) in [7, 11) is 0. The lowest BCUT2D eigenvalue weighted by Crippen LogP contribution is -2.41. The maximum atomic E-state index is 12.7. The Morgan fingerprint density at radius 1 is 1.26 bits per heavy atom. The largest absolute Gasteiger partial charge is 0.393 e. The maximum Gasteiger partial charge on any atom is 0.393 e. The Labute approximate surface area is 110 Å². The third-order valence-electron chi connectivity index (χ3n) is 3.62. The minimum absolute atomic E-state index is 0.0253. The fourth-order valence-electron chi connectivity index (χ4n) is 2.44. The van der Waals surface area contributed by atoms with E-state index in [1.807, 2.05) is 0 Å². The molecule has 0 saturated carbocycles. The van der Waals surface area contributed by atoms with Crippen LogP contribution in [0.25, 0.3) is 0 Å². The third kappa shape index (κ3) is 3.41. The normalized spacial score (nSPS) is 22.4. The second kappa shape index (κ2) is 5.41. The van der Waals surface area contributed by atoms with E-state index in [0.29, 0.717) is 13.0 Å². The highest BCUT2D eigenvalue weighted by Crippen LogP contribution is 2.34. The Balaban J connectivity index is 2.09. The van der Waals surface area contributed by atoms with Crippen molar-refractivity contribution in [1.29, 1.82) is 0 Å². The Kier molecular flexibility index (Phi) is 4.04. The summed E-state index contributed by atoms with van der Waals surface area (Å²) >= 11 is 0. The molecule has 0 bridgehead atoms. The second-order valence-electron chi connectivity index (χ2n) is 5.09. The minimum Gasteiger partial charge on any atom is -0.389 e. The van der Waals surface area contributed by atoms with Crippen molar-refractivity contribution in [2.45, 2.75) is 32.0 Å². The number of aliphatic hydroxyl groups is 1. The summed E-state index contributed by atoms with van der Waals surface area (Å²) in [6.07, 6.45) is -3.90. The van der Waals surface area contributed by atoms with Gasteiger partial charge in [0.1, 0.15) is 0 Å². The summed E-state index contributed by atoms with van der Waals surface area (Å²) in [5.74, 6) is -1.24. The average Bonchev–Trinajstić information content (AvgIpc) is 2.38. The van der Waals surface area contributed by atoms with E-state index in [1.165, 1.54) is 0 Å². The highest BCUT2D eigenvalue weighted by Gasteiger charge is 2.41. The van der Waals surface area contributed by atoms with Crippen molar-refractivity contribution in [3.8, 4) is 0 Å². The number of nitrogens with zero attached hydrogens (tertiary/aromatic N) is 1. The molecule has 5 heteroatoms. The van der Waals surface area contributed by atoms with Crippen molar-refractivity contribution in [3.63, 3.8) is 0 Å². The summed E-state index contributed by atoms with van der Waals surface area (Å²) in [4.78, 5) is 1.77. The molecule has 19 heavy (non-hydrogen) atoms. The molecule has 106 valence electrons. The molecule has 1 aliphatic heterocycles. The van der Waals surface area contributed by atoms with E-state index in [4.69, 9.17) is 0 Å². The molecule has 1 heterocycles. The standard InChI is InChI=1S/C14H18F3NO/c1-10(19)11-4-6-13(7-5-11)18-8-2-3-12(9-18)14(15,16)17/h4-7,10,12,19H,2-3,8-9H2,1H3. The molecule has 0 amide bonds. The number of rotatable bonds is 2. The summed E-state index contributed by atoms with van der Waals surface area (Å²) < 4.78 is 38.2. The van der Waals surface area contributed by atoms with Crippen LogP contribution in [-0.4, -0.2) is 24.4 Å². The molecule has 0 spiro atoms. The molecular formula is C14H18F3NO. The fourth-order valence-corrected chi connectivity index (χ4v) is 2.44. The van der Waals surface area contributed by atoms with Gasteiger partial charge in [0, 0.05) is 18.8 Å². The average molecular weight is 273 g/mol. The first-order valence-corrected chi connectivity index (χ1v) is 6.47. The summed E-state index contributed by atoms with van der Waals surface area (Å²) in [5.41, 5.74) is 1.56. The van der Waals surface area contributed by atoms with Crippen LogP contribution in [0.2, 0.25) is 0 Å². The molecule has 0 radical (unpaired) electrons. The first-order chi connectivity index (χ1) is 8.88. The van der Waals surface area contributed by atoms with Crippen LogP contribution in [0.5, 0.6) is 0 Å². The summed E-state index contributed by atoms with van der Waals surface area (Å²) in [5, 5.41) is 9.41. The zero-order chi connectivity index (χ0) is 14.0. The number of aliphatic hydroxyl groups excluding tert-OH is 1. The van der Waals surface area contributed by atoms with Crippen molar-refractivity contribution in [1.82, 2.24) is 0 Å². The lowest BCUT2D eigenvalue weighted by atomic mass is 9.97. The van der Waals surface area contributed by atoms with Crippen molar-refractivity contribution in [2.75, 3.05) is 18.0 Å². The van der Waals surface area contributed by atoms with E-state index in [0.717, 1.165) is 11.3 Å². The number of benzene rings is 1. The van der Waals surface area contributed by atoms with Gasteiger partial charge >= 0.3 is 6.18 Å². The van der Waals surface area contributed by atoms with Gasteiger partial charge in [0.05, 0.1) is 12.0 Å². The SMILES string of the molecule is CC(O)c1ccc(N2CCCC(C(F)(F)F)C2)cc1. The third-order valence-corrected chi connectivity index (χ3v) is 3.62. The van der Waals surface area contributed by atoms with Gasteiger partial charge < -0.3 is 10.0 Å². The molecule has 1 aliphatic rings. The highest BCUT2D eigenvalue weighted by molar-refractivity contribution is 5.48. The van der Waals surface area contributed by atoms with Crippen molar-refractivity contribution < 1.29 is 18.3 Å². The quantitative estimate of drug-likeness (QED) is 0.891. The van der Waals surface area contributed by atoms with E-state index >= 15 is 0 Å². The lowest BCUT2D eigenvalue weighted by molar-refractivity contribution is -0.175. The molecule has 2 nitrogen and oxygen atoms in total. The number of hydrogen-bond donors (Lipinski definition) is 1. The van der Waals surface area contributed by atoms with Gasteiger partial charge in [-0.05, 0) is 37.5 Å². The monoisotopic (exact) mass is 273 g/mol. The van der Waals surface area contributed by atoms with Crippen molar-refractivity contribution in [3.05, 3.63) is 29.8 Å². The van der Waals surface area contributed by atoms with Gasteiger partial charge in [-0.25, -0.2) is 0 Å². The Morgan fingerprint density at radius 3 is 2.42 bits per heavy atom. The molecule has 1 N–H and O–H groups in total. The van der Waals surface area contributed by atoms with Crippen molar-refractivity contribution in [2.24, 2.45) is 5.92 Å². The van der Waals surface area contributed by atoms with Crippen LogP contribution in [0.4, 0.5) is 18.9 Å². The molecule has 1 saturated heterocycles. The topological polar surface area (TPSA) is 23.5 Å². The van der Waals surface area contributed by atoms with E-state index in [-0.39, 0.29) is 13.0 Å². The van der Waals surface area contributed by atoms with Crippen LogP contribution in [0, 0.1) is 5.92 Å². The molecule has 1 aromatic carbocycles. The first kappa shape index (κ1) is 14.2. The predicted molar refractivity (Wildman–Crippen MR) is 68.1 cm³/mol. The Morgan fingerprint density at radius 2 is 1.89 bits per heavy atom. The van der Waals surface area contributed by atoms with Gasteiger partial charge in [-0.2, -0.15) is 13.2 Å². The molecule has 1 fully saturated rings. The number of hydrogen-bond acceptors (Lipinski definition) is 2.